The van der Waals surface area contributed by atoms with Gasteiger partial charge in [0.05, 0.1) is 18.2 Å². The lowest BCUT2D eigenvalue weighted by Crippen LogP contribution is -2.32. The lowest BCUT2D eigenvalue weighted by molar-refractivity contribution is 0.299. The third-order valence-corrected chi connectivity index (χ3v) is 4.59. The molecule has 0 fully saturated rings. The number of hydrogen-bond acceptors (Lipinski definition) is 3. The molecule has 0 spiro atoms. The van der Waals surface area contributed by atoms with Gasteiger partial charge in [0.25, 0.3) is 0 Å². The largest absolute Gasteiger partial charge is 0.496 e. The second-order valence-electron chi connectivity index (χ2n) is 6.81. The first-order chi connectivity index (χ1) is 11.0. The Kier molecular flexibility index (Phi) is 2.95. The maximum atomic E-state index is 6.02. The second-order valence-corrected chi connectivity index (χ2v) is 6.81. The smallest absolute Gasteiger partial charge is 0.131 e. The summed E-state index contributed by atoms with van der Waals surface area (Å²) in [6.45, 7) is 7.15. The van der Waals surface area contributed by atoms with Crippen molar-refractivity contribution in [3.05, 3.63) is 47.5 Å². The Bertz CT molecular complexity index is 820. The predicted molar refractivity (Wildman–Crippen MR) is 94.1 cm³/mol. The van der Waals surface area contributed by atoms with Crippen LogP contribution in [0.1, 0.15) is 31.9 Å². The van der Waals surface area contributed by atoms with Crippen LogP contribution in [0.15, 0.2) is 36.4 Å². The number of allylic oxidation sites excluding steroid dienone is 1. The van der Waals surface area contributed by atoms with E-state index < -0.39 is 0 Å². The highest BCUT2D eigenvalue weighted by Crippen LogP contribution is 2.48. The van der Waals surface area contributed by atoms with E-state index in [0.717, 1.165) is 17.1 Å². The van der Waals surface area contributed by atoms with Gasteiger partial charge in [0.15, 0.2) is 0 Å². The van der Waals surface area contributed by atoms with E-state index in [0.29, 0.717) is 6.61 Å². The van der Waals surface area contributed by atoms with Gasteiger partial charge in [-0.15, -0.1) is 0 Å². The molecule has 0 aliphatic carbocycles. The summed E-state index contributed by atoms with van der Waals surface area (Å²) in [6, 6.07) is 10.3. The zero-order valence-electron chi connectivity index (χ0n) is 14.0. The van der Waals surface area contributed by atoms with E-state index in [4.69, 9.17) is 9.47 Å². The summed E-state index contributed by atoms with van der Waals surface area (Å²) in [6.07, 6.45) is 2.29. The minimum absolute atomic E-state index is 0.0313. The molecule has 1 N–H and O–H groups in total. The Hall–Kier alpha value is -2.42. The molecule has 2 aromatic carbocycles. The predicted octanol–water partition coefficient (Wildman–Crippen LogP) is 4.86. The van der Waals surface area contributed by atoms with Gasteiger partial charge in [0.2, 0.25) is 0 Å². The summed E-state index contributed by atoms with van der Waals surface area (Å²) in [5.74, 6) is 1.75. The second kappa shape index (κ2) is 4.79. The first-order valence-electron chi connectivity index (χ1n) is 7.94. The minimum atomic E-state index is -0.0313. The standard InChI is InChI=1S/C20H21NO2/c1-12-10-20(2,3)21-15-9-8-13-14(18(12)15)11-23-17-7-5-6-16(22-4)19(13)17/h5-10,21H,11H2,1-4H3. The Balaban J connectivity index is 1.98. The van der Waals surface area contributed by atoms with Crippen molar-refractivity contribution in [2.24, 2.45) is 0 Å². The molecule has 2 heterocycles. The topological polar surface area (TPSA) is 30.5 Å². The zero-order valence-corrected chi connectivity index (χ0v) is 14.0. The van der Waals surface area contributed by atoms with Gasteiger partial charge in [-0.05, 0) is 50.1 Å². The lowest BCUT2D eigenvalue weighted by atomic mass is 9.84. The van der Waals surface area contributed by atoms with E-state index in [1.54, 1.807) is 7.11 Å². The average Bonchev–Trinajstić information content (AvgIpc) is 2.51. The van der Waals surface area contributed by atoms with Crippen LogP contribution in [-0.4, -0.2) is 12.6 Å². The van der Waals surface area contributed by atoms with Crippen LogP contribution in [0.3, 0.4) is 0 Å². The molecule has 4 rings (SSSR count). The van der Waals surface area contributed by atoms with Gasteiger partial charge in [-0.25, -0.2) is 0 Å². The molecule has 0 aromatic heterocycles. The van der Waals surface area contributed by atoms with Crippen LogP contribution in [0.4, 0.5) is 5.69 Å². The van der Waals surface area contributed by atoms with E-state index in [2.05, 4.69) is 44.3 Å². The van der Waals surface area contributed by atoms with Gasteiger partial charge in [-0.1, -0.05) is 18.2 Å². The first kappa shape index (κ1) is 14.2. The van der Waals surface area contributed by atoms with Crippen LogP contribution < -0.4 is 14.8 Å². The fraction of sp³-hybridized carbons (Fsp3) is 0.300. The Morgan fingerprint density at radius 2 is 1.96 bits per heavy atom. The summed E-state index contributed by atoms with van der Waals surface area (Å²) < 4.78 is 11.6. The lowest BCUT2D eigenvalue weighted by Gasteiger charge is -2.34. The molecule has 2 aliphatic heterocycles. The normalized spacial score (nSPS) is 17.0. The van der Waals surface area contributed by atoms with Crippen molar-refractivity contribution in [1.29, 1.82) is 0 Å². The highest BCUT2D eigenvalue weighted by Gasteiger charge is 2.29. The molecule has 0 unspecified atom stereocenters. The van der Waals surface area contributed by atoms with E-state index >= 15 is 0 Å². The monoisotopic (exact) mass is 307 g/mol. The van der Waals surface area contributed by atoms with Crippen LogP contribution in [0.25, 0.3) is 16.7 Å². The van der Waals surface area contributed by atoms with Crippen molar-refractivity contribution < 1.29 is 9.47 Å². The Morgan fingerprint density at radius 1 is 1.13 bits per heavy atom. The van der Waals surface area contributed by atoms with E-state index in [9.17, 15) is 0 Å². The number of benzene rings is 2. The molecule has 2 aromatic rings. The number of anilines is 1. The summed E-state index contributed by atoms with van der Waals surface area (Å²) in [5, 5.41) is 3.61. The van der Waals surface area contributed by atoms with Gasteiger partial charge in [0, 0.05) is 16.8 Å². The van der Waals surface area contributed by atoms with Gasteiger partial charge >= 0.3 is 0 Å². The molecule has 2 aliphatic rings. The zero-order chi connectivity index (χ0) is 16.2. The number of methoxy groups -OCH3 is 1. The number of hydrogen-bond donors (Lipinski definition) is 1. The summed E-state index contributed by atoms with van der Waals surface area (Å²) in [7, 11) is 1.71. The molecule has 3 nitrogen and oxygen atoms in total. The molecule has 23 heavy (non-hydrogen) atoms. The van der Waals surface area contributed by atoms with Crippen molar-refractivity contribution >= 4 is 11.3 Å². The van der Waals surface area contributed by atoms with Crippen molar-refractivity contribution in [2.45, 2.75) is 32.9 Å². The van der Waals surface area contributed by atoms with Crippen molar-refractivity contribution in [2.75, 3.05) is 12.4 Å². The molecule has 118 valence electrons. The van der Waals surface area contributed by atoms with Gasteiger partial charge in [0.1, 0.15) is 18.1 Å². The fourth-order valence-electron chi connectivity index (χ4n) is 3.80. The molecule has 0 saturated carbocycles. The number of ether oxygens (including phenoxy) is 2. The van der Waals surface area contributed by atoms with Gasteiger partial charge in [-0.2, -0.15) is 0 Å². The number of fused-ring (bicyclic) bond motifs is 5. The summed E-state index contributed by atoms with van der Waals surface area (Å²) >= 11 is 0. The van der Waals surface area contributed by atoms with Crippen LogP contribution in [0.2, 0.25) is 0 Å². The van der Waals surface area contributed by atoms with Crippen LogP contribution in [0, 0.1) is 0 Å². The molecule has 0 atom stereocenters. The third-order valence-electron chi connectivity index (χ3n) is 4.59. The van der Waals surface area contributed by atoms with Crippen molar-refractivity contribution in [3.63, 3.8) is 0 Å². The SMILES string of the molecule is COc1cccc2c1-c1ccc3c(c1CO2)C(C)=CC(C)(C)N3. The Morgan fingerprint density at radius 3 is 2.74 bits per heavy atom. The molecule has 3 heteroatoms. The fourth-order valence-corrected chi connectivity index (χ4v) is 3.80. The maximum Gasteiger partial charge on any atom is 0.131 e. The highest BCUT2D eigenvalue weighted by atomic mass is 16.5. The molecular formula is C20H21NO2. The minimum Gasteiger partial charge on any atom is -0.496 e. The van der Waals surface area contributed by atoms with Crippen LogP contribution in [-0.2, 0) is 6.61 Å². The van der Waals surface area contributed by atoms with E-state index in [-0.39, 0.29) is 5.54 Å². The van der Waals surface area contributed by atoms with Crippen molar-refractivity contribution in [3.8, 4) is 22.6 Å². The van der Waals surface area contributed by atoms with Crippen molar-refractivity contribution in [1.82, 2.24) is 0 Å². The molecule has 0 radical (unpaired) electrons. The molecule has 0 bridgehead atoms. The summed E-state index contributed by atoms with van der Waals surface area (Å²) in [4.78, 5) is 0. The van der Waals surface area contributed by atoms with E-state index in [1.165, 1.54) is 28.0 Å². The maximum absolute atomic E-state index is 6.02. The van der Waals surface area contributed by atoms with E-state index in [1.807, 2.05) is 18.2 Å². The quantitative estimate of drug-likeness (QED) is 0.816. The van der Waals surface area contributed by atoms with Gasteiger partial charge in [-0.3, -0.25) is 0 Å². The highest BCUT2D eigenvalue weighted by molar-refractivity contribution is 5.90. The average molecular weight is 307 g/mol. The number of nitrogens with one attached hydrogen (secondary N) is 1. The molecule has 0 saturated heterocycles. The molecular weight excluding hydrogens is 286 g/mol. The molecule has 0 amide bonds. The third kappa shape index (κ3) is 2.11. The Labute approximate surface area is 136 Å². The number of rotatable bonds is 1. The van der Waals surface area contributed by atoms with Crippen LogP contribution in [0.5, 0.6) is 11.5 Å². The summed E-state index contributed by atoms with van der Waals surface area (Å²) in [5.41, 5.74) is 7.19. The van der Waals surface area contributed by atoms with Gasteiger partial charge < -0.3 is 14.8 Å². The van der Waals surface area contributed by atoms with Crippen LogP contribution >= 0.6 is 0 Å². The first-order valence-corrected chi connectivity index (χ1v) is 7.94.